The Morgan fingerprint density at radius 1 is 1.38 bits per heavy atom. The Kier molecular flexibility index (Phi) is 4.34. The highest BCUT2D eigenvalue weighted by atomic mass is 79.9. The summed E-state index contributed by atoms with van der Waals surface area (Å²) in [4.78, 5) is 0. The smallest absolute Gasteiger partial charge is 0.133 e. The standard InChI is InChI=1S/C10H8Br2O/c1-2-3-6-13-10-5-4-8(11)7-9(10)12/h1,4-5,7H,3,6H2. The van der Waals surface area contributed by atoms with E-state index in [1.165, 1.54) is 0 Å². The molecule has 0 radical (unpaired) electrons. The van der Waals surface area contributed by atoms with Crippen LogP contribution in [0.25, 0.3) is 0 Å². The number of halogens is 2. The van der Waals surface area contributed by atoms with Crippen molar-refractivity contribution in [3.63, 3.8) is 0 Å². The quantitative estimate of drug-likeness (QED) is 0.612. The van der Waals surface area contributed by atoms with Crippen molar-refractivity contribution in [3.05, 3.63) is 27.1 Å². The Bertz CT molecular complexity index is 328. The van der Waals surface area contributed by atoms with E-state index >= 15 is 0 Å². The van der Waals surface area contributed by atoms with Gasteiger partial charge in [-0.15, -0.1) is 12.3 Å². The van der Waals surface area contributed by atoms with Crippen molar-refractivity contribution < 1.29 is 4.74 Å². The van der Waals surface area contributed by atoms with E-state index < -0.39 is 0 Å². The van der Waals surface area contributed by atoms with E-state index in [1.54, 1.807) is 0 Å². The predicted molar refractivity (Wildman–Crippen MR) is 60.8 cm³/mol. The largest absolute Gasteiger partial charge is 0.491 e. The van der Waals surface area contributed by atoms with E-state index in [2.05, 4.69) is 37.8 Å². The molecule has 0 spiro atoms. The lowest BCUT2D eigenvalue weighted by Crippen LogP contribution is -1.96. The lowest BCUT2D eigenvalue weighted by Gasteiger charge is -2.06. The fraction of sp³-hybridized carbons (Fsp3) is 0.200. The third kappa shape index (κ3) is 3.41. The minimum Gasteiger partial charge on any atom is -0.491 e. The molecular formula is C10H8Br2O. The average Bonchev–Trinajstić information content (AvgIpc) is 2.09. The highest BCUT2D eigenvalue weighted by molar-refractivity contribution is 9.11. The Balaban J connectivity index is 2.62. The van der Waals surface area contributed by atoms with Gasteiger partial charge < -0.3 is 4.74 Å². The van der Waals surface area contributed by atoms with Gasteiger partial charge in [0.15, 0.2) is 0 Å². The molecule has 0 fully saturated rings. The summed E-state index contributed by atoms with van der Waals surface area (Å²) in [6.45, 7) is 0.552. The second kappa shape index (κ2) is 5.31. The van der Waals surface area contributed by atoms with Gasteiger partial charge in [0.2, 0.25) is 0 Å². The van der Waals surface area contributed by atoms with Crippen LogP contribution in [0.4, 0.5) is 0 Å². The molecule has 0 amide bonds. The summed E-state index contributed by atoms with van der Waals surface area (Å²) in [5, 5.41) is 0. The summed E-state index contributed by atoms with van der Waals surface area (Å²) in [6, 6.07) is 5.76. The molecule has 0 atom stereocenters. The van der Waals surface area contributed by atoms with E-state index in [0.717, 1.165) is 14.7 Å². The van der Waals surface area contributed by atoms with E-state index in [9.17, 15) is 0 Å². The molecule has 0 aliphatic carbocycles. The zero-order chi connectivity index (χ0) is 9.68. The fourth-order valence-corrected chi connectivity index (χ4v) is 1.97. The summed E-state index contributed by atoms with van der Waals surface area (Å²) >= 11 is 6.75. The minimum atomic E-state index is 0.552. The lowest BCUT2D eigenvalue weighted by atomic mass is 10.3. The first-order valence-electron chi connectivity index (χ1n) is 3.75. The molecule has 1 rings (SSSR count). The lowest BCUT2D eigenvalue weighted by molar-refractivity contribution is 0.325. The van der Waals surface area contributed by atoms with Crippen LogP contribution in [0.1, 0.15) is 6.42 Å². The van der Waals surface area contributed by atoms with Crippen molar-refractivity contribution in [2.45, 2.75) is 6.42 Å². The van der Waals surface area contributed by atoms with Gasteiger partial charge in [-0.3, -0.25) is 0 Å². The zero-order valence-electron chi connectivity index (χ0n) is 6.89. The molecule has 1 aromatic carbocycles. The summed E-state index contributed by atoms with van der Waals surface area (Å²) in [5.74, 6) is 3.34. The highest BCUT2D eigenvalue weighted by Gasteiger charge is 2.00. The summed E-state index contributed by atoms with van der Waals surface area (Å²) in [6.07, 6.45) is 5.73. The van der Waals surface area contributed by atoms with Gasteiger partial charge in [-0.1, -0.05) is 15.9 Å². The SMILES string of the molecule is C#CCCOc1ccc(Br)cc1Br. The van der Waals surface area contributed by atoms with Crippen molar-refractivity contribution in [1.82, 2.24) is 0 Å². The molecule has 1 aromatic rings. The Morgan fingerprint density at radius 2 is 2.15 bits per heavy atom. The molecule has 0 aliphatic rings. The van der Waals surface area contributed by atoms with Gasteiger partial charge >= 0.3 is 0 Å². The molecule has 0 aromatic heterocycles. The van der Waals surface area contributed by atoms with E-state index in [-0.39, 0.29) is 0 Å². The van der Waals surface area contributed by atoms with Crippen molar-refractivity contribution >= 4 is 31.9 Å². The molecule has 0 N–H and O–H groups in total. The topological polar surface area (TPSA) is 9.23 Å². The van der Waals surface area contributed by atoms with Crippen molar-refractivity contribution in [2.24, 2.45) is 0 Å². The Labute approximate surface area is 94.7 Å². The maximum atomic E-state index is 5.42. The first-order valence-corrected chi connectivity index (χ1v) is 5.34. The predicted octanol–water partition coefficient (Wildman–Crippen LogP) is 3.61. The average molecular weight is 304 g/mol. The zero-order valence-corrected chi connectivity index (χ0v) is 10.1. The van der Waals surface area contributed by atoms with Gasteiger partial charge in [-0.2, -0.15) is 0 Å². The molecule has 0 saturated carbocycles. The summed E-state index contributed by atoms with van der Waals surface area (Å²) in [5.41, 5.74) is 0. The molecule has 0 aliphatic heterocycles. The highest BCUT2D eigenvalue weighted by Crippen LogP contribution is 2.28. The van der Waals surface area contributed by atoms with Crippen LogP contribution in [-0.2, 0) is 0 Å². The third-order valence-electron chi connectivity index (χ3n) is 1.40. The summed E-state index contributed by atoms with van der Waals surface area (Å²) in [7, 11) is 0. The van der Waals surface area contributed by atoms with Crippen LogP contribution >= 0.6 is 31.9 Å². The second-order valence-corrected chi connectivity index (χ2v) is 4.15. The van der Waals surface area contributed by atoms with Crippen molar-refractivity contribution in [3.8, 4) is 18.1 Å². The van der Waals surface area contributed by atoms with Crippen LogP contribution < -0.4 is 4.74 Å². The monoisotopic (exact) mass is 302 g/mol. The number of hydrogen-bond acceptors (Lipinski definition) is 1. The van der Waals surface area contributed by atoms with Gasteiger partial charge in [0.25, 0.3) is 0 Å². The molecule has 3 heteroatoms. The molecule has 0 heterocycles. The second-order valence-electron chi connectivity index (χ2n) is 2.38. The number of ether oxygens (including phenoxy) is 1. The third-order valence-corrected chi connectivity index (χ3v) is 2.51. The first-order chi connectivity index (χ1) is 6.24. The van der Waals surface area contributed by atoms with Crippen LogP contribution in [0.2, 0.25) is 0 Å². The van der Waals surface area contributed by atoms with Gasteiger partial charge in [0, 0.05) is 10.9 Å². The minimum absolute atomic E-state index is 0.552. The number of rotatable bonds is 3. The molecule has 0 saturated heterocycles. The van der Waals surface area contributed by atoms with Crippen LogP contribution in [-0.4, -0.2) is 6.61 Å². The Hall–Kier alpha value is -0.460. The molecule has 13 heavy (non-hydrogen) atoms. The number of benzene rings is 1. The van der Waals surface area contributed by atoms with Gasteiger partial charge in [0.05, 0.1) is 11.1 Å². The van der Waals surface area contributed by atoms with Crippen LogP contribution in [0.15, 0.2) is 27.1 Å². The van der Waals surface area contributed by atoms with E-state index in [4.69, 9.17) is 11.2 Å². The van der Waals surface area contributed by atoms with Crippen molar-refractivity contribution in [2.75, 3.05) is 6.61 Å². The van der Waals surface area contributed by atoms with Crippen LogP contribution in [0.5, 0.6) is 5.75 Å². The molecule has 1 nitrogen and oxygen atoms in total. The van der Waals surface area contributed by atoms with E-state index in [1.807, 2.05) is 18.2 Å². The van der Waals surface area contributed by atoms with Gasteiger partial charge in [0.1, 0.15) is 5.75 Å². The molecular weight excluding hydrogens is 296 g/mol. The fourth-order valence-electron chi connectivity index (χ4n) is 0.812. The number of terminal acetylenes is 1. The first kappa shape index (κ1) is 10.6. The maximum Gasteiger partial charge on any atom is 0.133 e. The van der Waals surface area contributed by atoms with Crippen LogP contribution in [0.3, 0.4) is 0 Å². The normalized spacial score (nSPS) is 9.31. The number of hydrogen-bond donors (Lipinski definition) is 0. The molecule has 0 bridgehead atoms. The molecule has 0 unspecified atom stereocenters. The van der Waals surface area contributed by atoms with Crippen molar-refractivity contribution in [1.29, 1.82) is 0 Å². The van der Waals surface area contributed by atoms with Crippen LogP contribution in [0, 0.1) is 12.3 Å². The maximum absolute atomic E-state index is 5.42. The van der Waals surface area contributed by atoms with Gasteiger partial charge in [-0.05, 0) is 34.1 Å². The van der Waals surface area contributed by atoms with E-state index in [0.29, 0.717) is 13.0 Å². The Morgan fingerprint density at radius 3 is 2.77 bits per heavy atom. The van der Waals surface area contributed by atoms with Gasteiger partial charge in [-0.25, -0.2) is 0 Å². The summed E-state index contributed by atoms with van der Waals surface area (Å²) < 4.78 is 7.37. The molecule has 68 valence electrons.